The van der Waals surface area contributed by atoms with Gasteiger partial charge in [-0.1, -0.05) is 12.1 Å². The van der Waals surface area contributed by atoms with Gasteiger partial charge in [-0.05, 0) is 19.2 Å². The molecule has 2 rings (SSSR count). The molecule has 0 aliphatic carbocycles. The summed E-state index contributed by atoms with van der Waals surface area (Å²) in [6, 6.07) is 5.82. The molecule has 1 heterocycles. The first-order valence-corrected chi connectivity index (χ1v) is 7.61. The molecule has 0 spiro atoms. The van der Waals surface area contributed by atoms with Crippen molar-refractivity contribution in [3.8, 4) is 0 Å². The summed E-state index contributed by atoms with van der Waals surface area (Å²) < 4.78 is 31.1. The summed E-state index contributed by atoms with van der Waals surface area (Å²) in [6.45, 7) is 0.572. The molecular weight excluding hydrogens is 282 g/mol. The highest BCUT2D eigenvalue weighted by atomic mass is 32.2. The van der Waals surface area contributed by atoms with Crippen molar-refractivity contribution in [3.63, 3.8) is 0 Å². The molecule has 1 fully saturated rings. The van der Waals surface area contributed by atoms with Crippen molar-refractivity contribution in [2.45, 2.75) is 10.9 Å². The molecule has 20 heavy (non-hydrogen) atoms. The topological polar surface area (TPSA) is 111 Å². The quantitative estimate of drug-likeness (QED) is 0.694. The van der Waals surface area contributed by atoms with Crippen LogP contribution in [0.1, 0.15) is 0 Å². The third-order valence-electron chi connectivity index (χ3n) is 3.16. The van der Waals surface area contributed by atoms with E-state index in [9.17, 15) is 13.2 Å². The van der Waals surface area contributed by atoms with E-state index >= 15 is 0 Å². The minimum atomic E-state index is -3.64. The Morgan fingerprint density at radius 3 is 2.65 bits per heavy atom. The summed E-state index contributed by atoms with van der Waals surface area (Å²) in [7, 11) is -2.32. The van der Waals surface area contributed by atoms with E-state index in [0.29, 0.717) is 6.61 Å². The average molecular weight is 299 g/mol. The molecule has 110 valence electrons. The van der Waals surface area contributed by atoms with Gasteiger partial charge in [-0.15, -0.1) is 0 Å². The molecule has 1 aliphatic heterocycles. The van der Waals surface area contributed by atoms with Gasteiger partial charge >= 0.3 is 0 Å². The fourth-order valence-corrected chi connectivity index (χ4v) is 2.87. The van der Waals surface area contributed by atoms with Gasteiger partial charge in [-0.3, -0.25) is 4.79 Å². The van der Waals surface area contributed by atoms with E-state index in [2.05, 4.69) is 10.0 Å². The van der Waals surface area contributed by atoms with Crippen molar-refractivity contribution in [2.24, 2.45) is 11.7 Å². The van der Waals surface area contributed by atoms with E-state index in [1.165, 1.54) is 19.2 Å². The first kappa shape index (κ1) is 14.9. The smallest absolute Gasteiger partial charge is 0.242 e. The van der Waals surface area contributed by atoms with Crippen LogP contribution in [-0.4, -0.2) is 40.6 Å². The van der Waals surface area contributed by atoms with Crippen LogP contribution < -0.4 is 15.8 Å². The van der Waals surface area contributed by atoms with Crippen LogP contribution in [0.5, 0.6) is 0 Å². The van der Waals surface area contributed by atoms with E-state index in [1.807, 2.05) is 0 Å². The summed E-state index contributed by atoms with van der Waals surface area (Å²) in [5.74, 6) is -0.811. The lowest BCUT2D eigenvalue weighted by molar-refractivity contribution is -0.120. The Hall–Kier alpha value is -1.48. The van der Waals surface area contributed by atoms with E-state index in [-0.39, 0.29) is 29.1 Å². The number of benzene rings is 1. The van der Waals surface area contributed by atoms with Gasteiger partial charge in [0.15, 0.2) is 0 Å². The maximum atomic E-state index is 12.1. The normalized spacial score (nSPS) is 22.7. The van der Waals surface area contributed by atoms with E-state index in [0.717, 1.165) is 0 Å². The highest BCUT2D eigenvalue weighted by molar-refractivity contribution is 7.89. The molecule has 1 saturated heterocycles. The molecule has 1 aromatic carbocycles. The fourth-order valence-electron chi connectivity index (χ4n) is 1.98. The number of hydrogen-bond donors (Lipinski definition) is 3. The third-order valence-corrected chi connectivity index (χ3v) is 4.64. The Morgan fingerprint density at radius 1 is 1.35 bits per heavy atom. The minimum absolute atomic E-state index is 0.0170. The molecule has 1 amide bonds. The molecule has 0 aromatic heterocycles. The first-order chi connectivity index (χ1) is 9.45. The zero-order chi connectivity index (χ0) is 14.8. The number of rotatable bonds is 4. The molecule has 7 nitrogen and oxygen atoms in total. The predicted octanol–water partition coefficient (Wildman–Crippen LogP) is -0.493. The van der Waals surface area contributed by atoms with Crippen molar-refractivity contribution < 1.29 is 17.9 Å². The molecule has 4 N–H and O–H groups in total. The molecule has 8 heteroatoms. The molecule has 2 unspecified atom stereocenters. The number of amides is 1. The van der Waals surface area contributed by atoms with Crippen molar-refractivity contribution in [3.05, 3.63) is 24.3 Å². The van der Waals surface area contributed by atoms with Gasteiger partial charge in [-0.25, -0.2) is 13.1 Å². The van der Waals surface area contributed by atoms with Gasteiger partial charge in [0.05, 0.1) is 24.8 Å². The fraction of sp³-hybridized carbons (Fsp3) is 0.417. The summed E-state index contributed by atoms with van der Waals surface area (Å²) in [6.07, 6.45) is 0. The van der Waals surface area contributed by atoms with Gasteiger partial charge < -0.3 is 15.8 Å². The van der Waals surface area contributed by atoms with Crippen LogP contribution in [0.4, 0.5) is 5.69 Å². The monoisotopic (exact) mass is 299 g/mol. The van der Waals surface area contributed by atoms with Crippen LogP contribution >= 0.6 is 0 Å². The van der Waals surface area contributed by atoms with Crippen molar-refractivity contribution in [1.29, 1.82) is 0 Å². The predicted molar refractivity (Wildman–Crippen MR) is 73.6 cm³/mol. The summed E-state index contributed by atoms with van der Waals surface area (Å²) in [4.78, 5) is 12.1. The Labute approximate surface area is 117 Å². The molecule has 0 bridgehead atoms. The first-order valence-electron chi connectivity index (χ1n) is 6.12. The summed E-state index contributed by atoms with van der Waals surface area (Å²) in [5.41, 5.74) is 5.99. The lowest BCUT2D eigenvalue weighted by Gasteiger charge is -2.15. The van der Waals surface area contributed by atoms with Crippen molar-refractivity contribution >= 4 is 21.6 Å². The van der Waals surface area contributed by atoms with Crippen LogP contribution in [0.15, 0.2) is 29.2 Å². The van der Waals surface area contributed by atoms with Gasteiger partial charge in [0.1, 0.15) is 4.90 Å². The van der Waals surface area contributed by atoms with Gasteiger partial charge in [-0.2, -0.15) is 0 Å². The van der Waals surface area contributed by atoms with Gasteiger partial charge in [0, 0.05) is 6.04 Å². The number of para-hydroxylation sites is 1. The minimum Gasteiger partial charge on any atom is -0.379 e. The number of anilines is 1. The number of carbonyl (C=O) groups is 1. The van der Waals surface area contributed by atoms with Crippen molar-refractivity contribution in [2.75, 3.05) is 25.6 Å². The molecule has 1 aromatic rings. The van der Waals surface area contributed by atoms with E-state index < -0.39 is 15.9 Å². The maximum absolute atomic E-state index is 12.1. The van der Waals surface area contributed by atoms with Crippen LogP contribution in [0.2, 0.25) is 0 Å². The summed E-state index contributed by atoms with van der Waals surface area (Å²) in [5, 5.41) is 2.61. The number of nitrogens with two attached hydrogens (primary N) is 1. The van der Waals surface area contributed by atoms with Crippen LogP contribution in [0.3, 0.4) is 0 Å². The third kappa shape index (κ3) is 2.98. The lowest BCUT2D eigenvalue weighted by Crippen LogP contribution is -2.37. The summed E-state index contributed by atoms with van der Waals surface area (Å²) >= 11 is 0. The van der Waals surface area contributed by atoms with Gasteiger partial charge in [0.25, 0.3) is 0 Å². The highest BCUT2D eigenvalue weighted by Crippen LogP contribution is 2.22. The Morgan fingerprint density at radius 2 is 2.05 bits per heavy atom. The second-order valence-corrected chi connectivity index (χ2v) is 6.36. The Kier molecular flexibility index (Phi) is 4.39. The number of hydrogen-bond acceptors (Lipinski definition) is 5. The van der Waals surface area contributed by atoms with E-state index in [4.69, 9.17) is 10.5 Å². The second-order valence-electron chi connectivity index (χ2n) is 4.50. The zero-order valence-corrected chi connectivity index (χ0v) is 11.8. The molecular formula is C12H17N3O4S. The largest absolute Gasteiger partial charge is 0.379 e. The number of ether oxygens (including phenoxy) is 1. The molecule has 0 saturated carbocycles. The maximum Gasteiger partial charge on any atom is 0.242 e. The molecule has 1 aliphatic rings. The second kappa shape index (κ2) is 5.88. The van der Waals surface area contributed by atoms with Crippen LogP contribution in [-0.2, 0) is 19.6 Å². The lowest BCUT2D eigenvalue weighted by atomic mass is 10.0. The number of nitrogens with one attached hydrogen (secondary N) is 2. The SMILES string of the molecule is CNS(=O)(=O)c1ccccc1NC(=O)C1COCC1N. The van der Waals surface area contributed by atoms with E-state index in [1.54, 1.807) is 12.1 Å². The highest BCUT2D eigenvalue weighted by Gasteiger charge is 2.32. The zero-order valence-electron chi connectivity index (χ0n) is 11.0. The van der Waals surface area contributed by atoms with Crippen LogP contribution in [0.25, 0.3) is 0 Å². The standard InChI is InChI=1S/C12H17N3O4S/c1-14-20(17,18)11-5-3-2-4-10(11)15-12(16)8-6-19-7-9(8)13/h2-5,8-9,14H,6-7,13H2,1H3,(H,15,16). The van der Waals surface area contributed by atoms with Crippen LogP contribution in [0, 0.1) is 5.92 Å². The van der Waals surface area contributed by atoms with Crippen molar-refractivity contribution in [1.82, 2.24) is 4.72 Å². The number of carbonyl (C=O) groups excluding carboxylic acids is 1. The Balaban J connectivity index is 2.24. The number of sulfonamides is 1. The average Bonchev–Trinajstić information content (AvgIpc) is 2.85. The molecule has 2 atom stereocenters. The van der Waals surface area contributed by atoms with Gasteiger partial charge in [0.2, 0.25) is 15.9 Å². The Bertz CT molecular complexity index is 602. The molecule has 0 radical (unpaired) electrons.